The first-order chi connectivity index (χ1) is 9.81. The highest BCUT2D eigenvalue weighted by Crippen LogP contribution is 2.29. The third-order valence-corrected chi connectivity index (χ3v) is 5.47. The highest BCUT2D eigenvalue weighted by atomic mass is 35.5. The van der Waals surface area contributed by atoms with Crippen molar-refractivity contribution in [1.82, 2.24) is 24.8 Å². The Hall–Kier alpha value is -0.660. The average molecular weight is 330 g/mol. The maximum Gasteiger partial charge on any atom is 0.208 e. The van der Waals surface area contributed by atoms with E-state index in [0.29, 0.717) is 10.1 Å². The van der Waals surface area contributed by atoms with Gasteiger partial charge in [0.25, 0.3) is 0 Å². The number of halogens is 1. The molecule has 0 spiro atoms. The Morgan fingerprint density at radius 2 is 2.20 bits per heavy atom. The number of rotatable bonds is 6. The fraction of sp³-hybridized carbons (Fsp3) is 0.667. The second-order valence-electron chi connectivity index (χ2n) is 5.04. The van der Waals surface area contributed by atoms with E-state index in [4.69, 9.17) is 11.6 Å². The van der Waals surface area contributed by atoms with Crippen LogP contribution in [0.15, 0.2) is 5.16 Å². The van der Waals surface area contributed by atoms with Crippen LogP contribution in [0.5, 0.6) is 0 Å². The summed E-state index contributed by atoms with van der Waals surface area (Å²) in [4.78, 5) is 4.51. The summed E-state index contributed by atoms with van der Waals surface area (Å²) in [7, 11) is 0. The van der Waals surface area contributed by atoms with Gasteiger partial charge in [0.1, 0.15) is 15.9 Å². The summed E-state index contributed by atoms with van der Waals surface area (Å²) in [6.45, 7) is 0. The lowest BCUT2D eigenvalue weighted by Gasteiger charge is -2.05. The molecule has 0 bridgehead atoms. The quantitative estimate of drug-likeness (QED) is 0.818. The molecule has 1 aliphatic rings. The van der Waals surface area contributed by atoms with Crippen molar-refractivity contribution in [3.05, 3.63) is 15.9 Å². The third-order valence-electron chi connectivity index (χ3n) is 3.62. The lowest BCUT2D eigenvalue weighted by molar-refractivity contribution is 0.497. The van der Waals surface area contributed by atoms with Gasteiger partial charge >= 0.3 is 0 Å². The molecule has 0 amide bonds. The first-order valence-corrected chi connectivity index (χ1v) is 8.96. The van der Waals surface area contributed by atoms with Gasteiger partial charge in [-0.2, -0.15) is 0 Å². The zero-order valence-corrected chi connectivity index (χ0v) is 13.4. The fourth-order valence-corrected chi connectivity index (χ4v) is 4.06. The number of H-pyrrole nitrogens is 1. The van der Waals surface area contributed by atoms with E-state index in [1.807, 2.05) is 0 Å². The van der Waals surface area contributed by atoms with Gasteiger partial charge in [-0.1, -0.05) is 53.5 Å². The normalized spacial score (nSPS) is 16.1. The molecule has 2 heterocycles. The van der Waals surface area contributed by atoms with Crippen molar-refractivity contribution in [2.75, 3.05) is 0 Å². The molecule has 0 radical (unpaired) electrons. The molecule has 2 aromatic heterocycles. The summed E-state index contributed by atoms with van der Waals surface area (Å²) < 4.78 is 4.46. The molecular weight excluding hydrogens is 314 g/mol. The fourth-order valence-electron chi connectivity index (χ4n) is 2.51. The first-order valence-electron chi connectivity index (χ1n) is 6.82. The molecule has 0 aliphatic heterocycles. The van der Waals surface area contributed by atoms with Crippen LogP contribution in [0.3, 0.4) is 0 Å². The molecule has 1 N–H and O–H groups in total. The van der Waals surface area contributed by atoms with Crippen LogP contribution in [-0.4, -0.2) is 24.8 Å². The molecule has 0 saturated heterocycles. The molecule has 1 saturated carbocycles. The summed E-state index contributed by atoms with van der Waals surface area (Å²) in [5.41, 5.74) is 0.805. The number of nitrogens with zero attached hydrogens (tertiary/aromatic N) is 4. The molecule has 0 atom stereocenters. The Balaban J connectivity index is 1.47. The number of nitrogens with one attached hydrogen (secondary N) is 1. The van der Waals surface area contributed by atoms with Gasteiger partial charge < -0.3 is 0 Å². The molecule has 2 aromatic rings. The van der Waals surface area contributed by atoms with E-state index >= 15 is 0 Å². The smallest absolute Gasteiger partial charge is 0.208 e. The predicted molar refractivity (Wildman–Crippen MR) is 81.1 cm³/mol. The molecule has 0 aromatic carbocycles. The lowest BCUT2D eigenvalue weighted by atomic mass is 10.0. The number of aryl methyl sites for hydroxylation is 1. The van der Waals surface area contributed by atoms with Crippen LogP contribution in [-0.2, 0) is 12.2 Å². The Kier molecular flexibility index (Phi) is 4.90. The van der Waals surface area contributed by atoms with Gasteiger partial charge in [-0.3, -0.25) is 5.10 Å². The summed E-state index contributed by atoms with van der Waals surface area (Å²) in [6, 6.07) is 0. The molecule has 108 valence electrons. The predicted octanol–water partition coefficient (Wildman–Crippen LogP) is 3.72. The Labute approximate surface area is 131 Å². The minimum absolute atomic E-state index is 0.648. The van der Waals surface area contributed by atoms with Crippen LogP contribution >= 0.6 is 34.9 Å². The van der Waals surface area contributed by atoms with E-state index in [-0.39, 0.29) is 0 Å². The van der Waals surface area contributed by atoms with Gasteiger partial charge in [-0.25, -0.2) is 4.98 Å². The largest absolute Gasteiger partial charge is 0.262 e. The van der Waals surface area contributed by atoms with Gasteiger partial charge in [0.15, 0.2) is 0 Å². The van der Waals surface area contributed by atoms with E-state index in [0.717, 1.165) is 29.0 Å². The van der Waals surface area contributed by atoms with Crippen molar-refractivity contribution in [3.8, 4) is 0 Å². The summed E-state index contributed by atoms with van der Waals surface area (Å²) >= 11 is 8.71. The average Bonchev–Trinajstić information content (AvgIpc) is 3.16. The SMILES string of the molecule is Clc1snnc1CSc1n[nH]c(CCC2CCCC2)n1. The van der Waals surface area contributed by atoms with Crippen molar-refractivity contribution >= 4 is 34.9 Å². The van der Waals surface area contributed by atoms with Gasteiger partial charge in [0.2, 0.25) is 5.16 Å². The maximum absolute atomic E-state index is 5.97. The first kappa shape index (κ1) is 14.3. The molecule has 0 unspecified atom stereocenters. The van der Waals surface area contributed by atoms with Gasteiger partial charge in [0.05, 0.1) is 0 Å². The molecule has 3 rings (SSSR count). The van der Waals surface area contributed by atoms with Crippen LogP contribution in [0.25, 0.3) is 0 Å². The van der Waals surface area contributed by atoms with Crippen molar-refractivity contribution < 1.29 is 0 Å². The van der Waals surface area contributed by atoms with Crippen molar-refractivity contribution in [1.29, 1.82) is 0 Å². The van der Waals surface area contributed by atoms with Crippen molar-refractivity contribution in [3.63, 3.8) is 0 Å². The van der Waals surface area contributed by atoms with Crippen LogP contribution < -0.4 is 0 Å². The zero-order chi connectivity index (χ0) is 13.8. The minimum atomic E-state index is 0.648. The molecule has 8 heteroatoms. The number of aromatic nitrogens is 5. The highest BCUT2D eigenvalue weighted by Gasteiger charge is 2.16. The minimum Gasteiger partial charge on any atom is -0.262 e. The van der Waals surface area contributed by atoms with Gasteiger partial charge in [-0.05, 0) is 12.3 Å². The standard InChI is InChI=1S/C12H16ClN5S2/c13-11-9(15-18-20-11)7-19-12-14-10(16-17-12)6-5-8-3-1-2-4-8/h8H,1-7H2,(H,14,16,17). The Morgan fingerprint density at radius 3 is 2.95 bits per heavy atom. The van der Waals surface area contributed by atoms with Crippen molar-refractivity contribution in [2.45, 2.75) is 49.4 Å². The van der Waals surface area contributed by atoms with Crippen molar-refractivity contribution in [2.24, 2.45) is 5.92 Å². The highest BCUT2D eigenvalue weighted by molar-refractivity contribution is 7.98. The lowest BCUT2D eigenvalue weighted by Crippen LogP contribution is -1.97. The Morgan fingerprint density at radius 1 is 1.35 bits per heavy atom. The van der Waals surface area contributed by atoms with Gasteiger partial charge in [-0.15, -0.1) is 10.2 Å². The number of hydrogen-bond acceptors (Lipinski definition) is 6. The van der Waals surface area contributed by atoms with Crippen LogP contribution in [0.1, 0.15) is 43.6 Å². The van der Waals surface area contributed by atoms with E-state index < -0.39 is 0 Å². The van der Waals surface area contributed by atoms with Crippen LogP contribution in [0.4, 0.5) is 0 Å². The summed E-state index contributed by atoms with van der Waals surface area (Å²) in [6.07, 6.45) is 7.77. The van der Waals surface area contributed by atoms with E-state index in [9.17, 15) is 0 Å². The van der Waals surface area contributed by atoms with E-state index in [1.54, 1.807) is 0 Å². The van der Waals surface area contributed by atoms with E-state index in [2.05, 4.69) is 24.8 Å². The third kappa shape index (κ3) is 3.71. The summed E-state index contributed by atoms with van der Waals surface area (Å²) in [5, 5.41) is 12.0. The number of hydrogen-bond donors (Lipinski definition) is 1. The summed E-state index contributed by atoms with van der Waals surface area (Å²) in [5.74, 6) is 2.54. The van der Waals surface area contributed by atoms with E-state index in [1.165, 1.54) is 55.4 Å². The Bertz CT molecular complexity index is 550. The van der Waals surface area contributed by atoms with Crippen LogP contribution in [0, 0.1) is 5.92 Å². The molecule has 1 fully saturated rings. The zero-order valence-electron chi connectivity index (χ0n) is 11.0. The molecule has 20 heavy (non-hydrogen) atoms. The monoisotopic (exact) mass is 329 g/mol. The second kappa shape index (κ2) is 6.87. The topological polar surface area (TPSA) is 67.3 Å². The number of aromatic amines is 1. The van der Waals surface area contributed by atoms with Gasteiger partial charge in [0, 0.05) is 23.7 Å². The molecule has 5 nitrogen and oxygen atoms in total. The maximum atomic E-state index is 5.97. The van der Waals surface area contributed by atoms with Crippen LogP contribution in [0.2, 0.25) is 4.34 Å². The number of thioether (sulfide) groups is 1. The molecule has 1 aliphatic carbocycles. The molecular formula is C12H16ClN5S2. The second-order valence-corrected chi connectivity index (χ2v) is 7.33.